The first kappa shape index (κ1) is 7.66. The predicted molar refractivity (Wildman–Crippen MR) is 37.3 cm³/mol. The van der Waals surface area contributed by atoms with Crippen LogP contribution in [0.4, 0.5) is 0 Å². The Bertz CT molecular complexity index is 123. The van der Waals surface area contributed by atoms with Gasteiger partial charge in [-0.05, 0) is 17.9 Å². The molecule has 1 nitrogen and oxygen atoms in total. The number of rotatable bonds is 1. The Morgan fingerprint density at radius 3 is 2.62 bits per heavy atom. The molecule has 0 aromatic carbocycles. The third kappa shape index (κ3) is 1.64. The summed E-state index contributed by atoms with van der Waals surface area (Å²) in [5.74, 6) is 0. The van der Waals surface area contributed by atoms with Crippen LogP contribution in [0.2, 0.25) is 0 Å². The van der Waals surface area contributed by atoms with E-state index < -0.39 is 0 Å². The van der Waals surface area contributed by atoms with Crippen LogP contribution in [0.3, 0.4) is 0 Å². The van der Waals surface area contributed by atoms with Gasteiger partial charge in [0.05, 0.1) is 0 Å². The van der Waals surface area contributed by atoms with Crippen molar-refractivity contribution in [2.45, 2.75) is 13.3 Å². The minimum Gasteiger partial charge on any atom is -0.412 e. The van der Waals surface area contributed by atoms with Gasteiger partial charge < -0.3 is 5.48 Å². The number of hydrogen-bond acceptors (Lipinski definition) is 1. The summed E-state index contributed by atoms with van der Waals surface area (Å²) >= 11 is 1.82. The minimum absolute atomic E-state index is 0. The minimum atomic E-state index is 0. The van der Waals surface area contributed by atoms with Crippen molar-refractivity contribution < 1.29 is 5.48 Å². The van der Waals surface area contributed by atoms with Gasteiger partial charge >= 0.3 is 0 Å². The normalized spacial score (nSPS) is 8.12. The lowest BCUT2D eigenvalue weighted by molar-refractivity contribution is 0.824. The van der Waals surface area contributed by atoms with Crippen LogP contribution in [-0.4, -0.2) is 5.48 Å². The maximum absolute atomic E-state index is 2.17. The molecule has 0 aliphatic carbocycles. The second-order valence-corrected chi connectivity index (χ2v) is 2.47. The first-order chi connectivity index (χ1) is 3.43. The molecule has 0 radical (unpaired) electrons. The highest BCUT2D eigenvalue weighted by Gasteiger charge is 1.82. The molecule has 1 rings (SSSR count). The van der Waals surface area contributed by atoms with Gasteiger partial charge in [0.25, 0.3) is 0 Å². The van der Waals surface area contributed by atoms with Gasteiger partial charge in [-0.1, -0.05) is 13.0 Å². The highest BCUT2D eigenvalue weighted by Crippen LogP contribution is 2.07. The Morgan fingerprint density at radius 2 is 2.38 bits per heavy atom. The predicted octanol–water partition coefficient (Wildman–Crippen LogP) is 1.49. The lowest BCUT2D eigenvalue weighted by Gasteiger charge is -1.78. The molecular formula is C6H10OS. The van der Waals surface area contributed by atoms with Crippen molar-refractivity contribution in [3.8, 4) is 0 Å². The van der Waals surface area contributed by atoms with Crippen LogP contribution in [0.25, 0.3) is 0 Å². The third-order valence-electron chi connectivity index (χ3n) is 0.929. The first-order valence-electron chi connectivity index (χ1n) is 2.46. The van der Waals surface area contributed by atoms with Crippen LogP contribution in [0.5, 0.6) is 0 Å². The van der Waals surface area contributed by atoms with Crippen molar-refractivity contribution in [2.24, 2.45) is 0 Å². The standard InChI is InChI=1S/C6H8S.H2O/c1-2-6-4-3-5-7-6;/h3-5H,2H2,1H3;1H2. The molecule has 0 fully saturated rings. The SMILES string of the molecule is CCc1cccs1.O. The lowest BCUT2D eigenvalue weighted by Crippen LogP contribution is -1.63. The van der Waals surface area contributed by atoms with Crippen molar-refractivity contribution in [3.05, 3.63) is 22.4 Å². The Hall–Kier alpha value is -0.340. The molecule has 1 heterocycles. The largest absolute Gasteiger partial charge is 0.412 e. The van der Waals surface area contributed by atoms with Gasteiger partial charge in [-0.15, -0.1) is 11.3 Å². The van der Waals surface area contributed by atoms with Crippen LogP contribution < -0.4 is 0 Å². The molecule has 0 aliphatic heterocycles. The van der Waals surface area contributed by atoms with E-state index in [-0.39, 0.29) is 5.48 Å². The molecule has 0 atom stereocenters. The van der Waals surface area contributed by atoms with Crippen molar-refractivity contribution >= 4 is 11.3 Å². The van der Waals surface area contributed by atoms with E-state index in [1.807, 2.05) is 11.3 Å². The number of hydrogen-bond donors (Lipinski definition) is 0. The smallest absolute Gasteiger partial charge is 0.00424 e. The maximum atomic E-state index is 2.17. The average Bonchev–Trinajstić information content (AvgIpc) is 2.14. The van der Waals surface area contributed by atoms with E-state index in [1.54, 1.807) is 0 Å². The van der Waals surface area contributed by atoms with Crippen molar-refractivity contribution in [1.29, 1.82) is 0 Å². The first-order valence-corrected chi connectivity index (χ1v) is 3.34. The van der Waals surface area contributed by atoms with Crippen LogP contribution in [-0.2, 0) is 6.42 Å². The van der Waals surface area contributed by atoms with E-state index in [2.05, 4.69) is 24.4 Å². The van der Waals surface area contributed by atoms with E-state index in [1.165, 1.54) is 11.3 Å². The molecule has 0 saturated carbocycles. The van der Waals surface area contributed by atoms with Gasteiger partial charge in [0.1, 0.15) is 0 Å². The number of aryl methyl sites for hydroxylation is 1. The van der Waals surface area contributed by atoms with E-state index >= 15 is 0 Å². The topological polar surface area (TPSA) is 31.5 Å². The summed E-state index contributed by atoms with van der Waals surface area (Å²) in [7, 11) is 0. The fraction of sp³-hybridized carbons (Fsp3) is 0.333. The summed E-state index contributed by atoms with van der Waals surface area (Å²) in [5, 5.41) is 2.11. The molecule has 0 spiro atoms. The molecule has 0 aliphatic rings. The van der Waals surface area contributed by atoms with Gasteiger partial charge in [-0.3, -0.25) is 0 Å². The molecule has 46 valence electrons. The molecular weight excluding hydrogens is 120 g/mol. The van der Waals surface area contributed by atoms with Gasteiger partial charge in [0.15, 0.2) is 0 Å². The zero-order valence-corrected chi connectivity index (χ0v) is 5.66. The second kappa shape index (κ2) is 3.64. The summed E-state index contributed by atoms with van der Waals surface area (Å²) in [6.07, 6.45) is 1.18. The molecule has 2 N–H and O–H groups in total. The quantitative estimate of drug-likeness (QED) is 0.551. The van der Waals surface area contributed by atoms with Crippen LogP contribution >= 0.6 is 11.3 Å². The third-order valence-corrected chi connectivity index (χ3v) is 1.95. The number of thiophene rings is 1. The summed E-state index contributed by atoms with van der Waals surface area (Å²) in [4.78, 5) is 1.47. The monoisotopic (exact) mass is 130 g/mol. The Morgan fingerprint density at radius 1 is 1.62 bits per heavy atom. The molecule has 2 heteroatoms. The summed E-state index contributed by atoms with van der Waals surface area (Å²) in [6, 6.07) is 4.24. The molecule has 0 saturated heterocycles. The highest BCUT2D eigenvalue weighted by molar-refractivity contribution is 7.09. The van der Waals surface area contributed by atoms with Crippen LogP contribution in [0, 0.1) is 0 Å². The Kier molecular flexibility index (Phi) is 3.48. The summed E-state index contributed by atoms with van der Waals surface area (Å²) in [5.41, 5.74) is 0. The van der Waals surface area contributed by atoms with Crippen molar-refractivity contribution in [1.82, 2.24) is 0 Å². The average molecular weight is 130 g/mol. The summed E-state index contributed by atoms with van der Waals surface area (Å²) < 4.78 is 0. The van der Waals surface area contributed by atoms with Gasteiger partial charge in [0.2, 0.25) is 0 Å². The molecule has 0 amide bonds. The molecule has 1 aromatic rings. The van der Waals surface area contributed by atoms with E-state index in [0.29, 0.717) is 0 Å². The molecule has 0 bridgehead atoms. The molecule has 1 aromatic heterocycles. The maximum Gasteiger partial charge on any atom is 0.00424 e. The highest BCUT2D eigenvalue weighted by atomic mass is 32.1. The van der Waals surface area contributed by atoms with Gasteiger partial charge in [-0.2, -0.15) is 0 Å². The van der Waals surface area contributed by atoms with E-state index in [0.717, 1.165) is 0 Å². The van der Waals surface area contributed by atoms with Gasteiger partial charge in [-0.25, -0.2) is 0 Å². The van der Waals surface area contributed by atoms with Crippen molar-refractivity contribution in [2.75, 3.05) is 0 Å². The van der Waals surface area contributed by atoms with E-state index in [9.17, 15) is 0 Å². The Balaban J connectivity index is 0.000000490. The zero-order valence-electron chi connectivity index (χ0n) is 4.85. The molecule has 0 unspecified atom stereocenters. The second-order valence-electron chi connectivity index (χ2n) is 1.43. The fourth-order valence-corrected chi connectivity index (χ4v) is 1.17. The van der Waals surface area contributed by atoms with Crippen LogP contribution in [0.15, 0.2) is 17.5 Å². The fourth-order valence-electron chi connectivity index (χ4n) is 0.514. The van der Waals surface area contributed by atoms with E-state index in [4.69, 9.17) is 0 Å². The van der Waals surface area contributed by atoms with Crippen molar-refractivity contribution in [3.63, 3.8) is 0 Å². The lowest BCUT2D eigenvalue weighted by atomic mass is 10.4. The summed E-state index contributed by atoms with van der Waals surface area (Å²) in [6.45, 7) is 2.17. The zero-order chi connectivity index (χ0) is 5.11. The Labute approximate surface area is 53.3 Å². The van der Waals surface area contributed by atoms with Crippen LogP contribution in [0.1, 0.15) is 11.8 Å². The molecule has 8 heavy (non-hydrogen) atoms. The van der Waals surface area contributed by atoms with Gasteiger partial charge in [0, 0.05) is 4.88 Å².